The molecule has 3 aromatic carbocycles. The molecule has 0 aliphatic carbocycles. The molecular weight excluding hydrogens is 396 g/mol. The van der Waals surface area contributed by atoms with Gasteiger partial charge < -0.3 is 9.47 Å². The Kier molecular flexibility index (Phi) is 4.58. The van der Waals surface area contributed by atoms with Gasteiger partial charge in [0.05, 0.1) is 12.6 Å². The molecule has 0 fully saturated rings. The lowest BCUT2D eigenvalue weighted by molar-refractivity contribution is -0.120. The Labute approximate surface area is 158 Å². The second-order valence-electron chi connectivity index (χ2n) is 5.84. The molecule has 0 atom stereocenters. The van der Waals surface area contributed by atoms with Crippen LogP contribution in [0.2, 0.25) is 0 Å². The highest BCUT2D eigenvalue weighted by molar-refractivity contribution is 9.10. The van der Waals surface area contributed by atoms with Gasteiger partial charge in [-0.25, -0.2) is 5.43 Å². The van der Waals surface area contributed by atoms with Gasteiger partial charge in [0.2, 0.25) is 12.7 Å². The SMILES string of the molecule is O=C(Cc1cccc2ccccc12)N/N=C\c1cc2c(cc1Br)OCO2. The zero-order valence-electron chi connectivity index (χ0n) is 13.7. The van der Waals surface area contributed by atoms with Crippen molar-refractivity contribution >= 4 is 38.8 Å². The van der Waals surface area contributed by atoms with E-state index in [0.717, 1.165) is 26.4 Å². The van der Waals surface area contributed by atoms with Crippen LogP contribution in [0.25, 0.3) is 10.8 Å². The van der Waals surface area contributed by atoms with Crippen LogP contribution in [0, 0.1) is 0 Å². The van der Waals surface area contributed by atoms with Gasteiger partial charge >= 0.3 is 0 Å². The quantitative estimate of drug-likeness (QED) is 0.521. The molecular formula is C20H15BrN2O3. The number of amides is 1. The molecule has 0 saturated carbocycles. The van der Waals surface area contributed by atoms with Crippen molar-refractivity contribution in [3.05, 3.63) is 70.2 Å². The minimum atomic E-state index is -0.172. The minimum absolute atomic E-state index is 0.172. The maximum absolute atomic E-state index is 12.2. The van der Waals surface area contributed by atoms with Gasteiger partial charge in [-0.2, -0.15) is 5.10 Å². The Balaban J connectivity index is 1.45. The van der Waals surface area contributed by atoms with Crippen molar-refractivity contribution in [2.45, 2.75) is 6.42 Å². The van der Waals surface area contributed by atoms with E-state index in [1.54, 1.807) is 6.21 Å². The van der Waals surface area contributed by atoms with Crippen molar-refractivity contribution in [2.75, 3.05) is 6.79 Å². The molecule has 1 N–H and O–H groups in total. The number of carbonyl (C=O) groups excluding carboxylic acids is 1. The lowest BCUT2D eigenvalue weighted by Crippen LogP contribution is -2.19. The maximum Gasteiger partial charge on any atom is 0.244 e. The predicted molar refractivity (Wildman–Crippen MR) is 104 cm³/mol. The summed E-state index contributed by atoms with van der Waals surface area (Å²) in [4.78, 5) is 12.2. The van der Waals surface area contributed by atoms with Crippen LogP contribution in [0.1, 0.15) is 11.1 Å². The van der Waals surface area contributed by atoms with Crippen molar-refractivity contribution < 1.29 is 14.3 Å². The van der Waals surface area contributed by atoms with E-state index < -0.39 is 0 Å². The zero-order chi connectivity index (χ0) is 17.9. The third-order valence-electron chi connectivity index (χ3n) is 4.12. The van der Waals surface area contributed by atoms with Crippen LogP contribution in [-0.4, -0.2) is 18.9 Å². The van der Waals surface area contributed by atoms with Crippen LogP contribution >= 0.6 is 15.9 Å². The molecule has 130 valence electrons. The number of nitrogens with zero attached hydrogens (tertiary/aromatic N) is 1. The van der Waals surface area contributed by atoms with Crippen molar-refractivity contribution in [3.63, 3.8) is 0 Å². The van der Waals surface area contributed by atoms with E-state index in [0.29, 0.717) is 11.5 Å². The fraction of sp³-hybridized carbons (Fsp3) is 0.100. The summed E-state index contributed by atoms with van der Waals surface area (Å²) in [5, 5.41) is 6.25. The Morgan fingerprint density at radius 2 is 1.88 bits per heavy atom. The van der Waals surface area contributed by atoms with Crippen LogP contribution in [-0.2, 0) is 11.2 Å². The molecule has 0 radical (unpaired) electrons. The molecule has 1 aliphatic heterocycles. The summed E-state index contributed by atoms with van der Waals surface area (Å²) in [6.07, 6.45) is 1.84. The van der Waals surface area contributed by atoms with E-state index in [4.69, 9.17) is 9.47 Å². The molecule has 0 spiro atoms. The molecule has 1 amide bonds. The second-order valence-corrected chi connectivity index (χ2v) is 6.69. The fourth-order valence-electron chi connectivity index (χ4n) is 2.86. The van der Waals surface area contributed by atoms with Gasteiger partial charge in [0.15, 0.2) is 11.5 Å². The average Bonchev–Trinajstić information content (AvgIpc) is 3.09. The van der Waals surface area contributed by atoms with Gasteiger partial charge in [0, 0.05) is 10.0 Å². The number of ether oxygens (including phenoxy) is 2. The van der Waals surface area contributed by atoms with Crippen LogP contribution in [0.3, 0.4) is 0 Å². The lowest BCUT2D eigenvalue weighted by atomic mass is 10.0. The summed E-state index contributed by atoms with van der Waals surface area (Å²) in [5.74, 6) is 1.18. The van der Waals surface area contributed by atoms with Gasteiger partial charge in [-0.1, -0.05) is 42.5 Å². The van der Waals surface area contributed by atoms with Crippen LogP contribution < -0.4 is 14.9 Å². The van der Waals surface area contributed by atoms with Gasteiger partial charge in [-0.05, 0) is 44.4 Å². The molecule has 0 bridgehead atoms. The molecule has 3 aromatic rings. The number of fused-ring (bicyclic) bond motifs is 2. The number of hydrogen-bond acceptors (Lipinski definition) is 4. The molecule has 6 heteroatoms. The van der Waals surface area contributed by atoms with Crippen molar-refractivity contribution in [2.24, 2.45) is 5.10 Å². The monoisotopic (exact) mass is 410 g/mol. The van der Waals surface area contributed by atoms with Crippen molar-refractivity contribution in [1.29, 1.82) is 0 Å². The minimum Gasteiger partial charge on any atom is -0.454 e. The topological polar surface area (TPSA) is 59.9 Å². The lowest BCUT2D eigenvalue weighted by Gasteiger charge is -2.06. The molecule has 5 nitrogen and oxygen atoms in total. The summed E-state index contributed by atoms with van der Waals surface area (Å²) in [5.41, 5.74) is 4.34. The van der Waals surface area contributed by atoms with E-state index >= 15 is 0 Å². The normalized spacial score (nSPS) is 12.7. The first-order chi connectivity index (χ1) is 12.7. The van der Waals surface area contributed by atoms with Crippen LogP contribution in [0.4, 0.5) is 0 Å². The highest BCUT2D eigenvalue weighted by Crippen LogP contribution is 2.36. The first kappa shape index (κ1) is 16.6. The molecule has 1 heterocycles. The summed E-state index contributed by atoms with van der Waals surface area (Å²) in [7, 11) is 0. The second kappa shape index (κ2) is 7.17. The number of halogens is 1. The summed E-state index contributed by atoms with van der Waals surface area (Å²) in [6.45, 7) is 0.212. The number of hydrogen-bond donors (Lipinski definition) is 1. The number of carbonyl (C=O) groups is 1. The van der Waals surface area contributed by atoms with E-state index in [1.165, 1.54) is 0 Å². The van der Waals surface area contributed by atoms with Crippen molar-refractivity contribution in [1.82, 2.24) is 5.43 Å². The van der Waals surface area contributed by atoms with Crippen LogP contribution in [0.5, 0.6) is 11.5 Å². The number of benzene rings is 3. The molecule has 0 unspecified atom stereocenters. The summed E-state index contributed by atoms with van der Waals surface area (Å²) in [6, 6.07) is 17.6. The Hall–Kier alpha value is -2.86. The van der Waals surface area contributed by atoms with Gasteiger partial charge in [-0.15, -0.1) is 0 Å². The Morgan fingerprint density at radius 3 is 2.77 bits per heavy atom. The molecule has 0 saturated heterocycles. The summed E-state index contributed by atoms with van der Waals surface area (Å²) < 4.78 is 11.5. The molecule has 1 aliphatic rings. The maximum atomic E-state index is 12.2. The fourth-order valence-corrected chi connectivity index (χ4v) is 3.29. The van der Waals surface area contributed by atoms with Gasteiger partial charge in [0.25, 0.3) is 0 Å². The molecule has 26 heavy (non-hydrogen) atoms. The first-order valence-corrected chi connectivity index (χ1v) is 8.88. The summed E-state index contributed by atoms with van der Waals surface area (Å²) >= 11 is 3.46. The smallest absolute Gasteiger partial charge is 0.244 e. The third-order valence-corrected chi connectivity index (χ3v) is 4.80. The molecule has 0 aromatic heterocycles. The Morgan fingerprint density at radius 1 is 1.12 bits per heavy atom. The third kappa shape index (κ3) is 3.41. The van der Waals surface area contributed by atoms with E-state index in [1.807, 2.05) is 54.6 Å². The van der Waals surface area contributed by atoms with E-state index in [9.17, 15) is 4.79 Å². The van der Waals surface area contributed by atoms with E-state index in [2.05, 4.69) is 26.5 Å². The standard InChI is InChI=1S/C20H15BrN2O3/c21-17-10-19-18(25-12-26-19)8-15(17)11-22-23-20(24)9-14-6-3-5-13-4-1-2-7-16(13)14/h1-8,10-11H,9,12H2,(H,23,24)/b22-11-. The van der Waals surface area contributed by atoms with Gasteiger partial charge in [-0.3, -0.25) is 4.79 Å². The van der Waals surface area contributed by atoms with Gasteiger partial charge in [0.1, 0.15) is 0 Å². The average molecular weight is 411 g/mol. The highest BCUT2D eigenvalue weighted by Gasteiger charge is 2.15. The van der Waals surface area contributed by atoms with Crippen LogP contribution in [0.15, 0.2) is 64.2 Å². The predicted octanol–water partition coefficient (Wildman–Crippen LogP) is 4.02. The number of rotatable bonds is 4. The van der Waals surface area contributed by atoms with E-state index in [-0.39, 0.29) is 19.1 Å². The number of nitrogens with one attached hydrogen (secondary N) is 1. The largest absolute Gasteiger partial charge is 0.454 e. The first-order valence-electron chi connectivity index (χ1n) is 8.08. The molecule has 4 rings (SSSR count). The zero-order valence-corrected chi connectivity index (χ0v) is 15.3. The highest BCUT2D eigenvalue weighted by atomic mass is 79.9. The Bertz CT molecular complexity index is 1010. The number of hydrazone groups is 1. The van der Waals surface area contributed by atoms with Crippen molar-refractivity contribution in [3.8, 4) is 11.5 Å².